The van der Waals surface area contributed by atoms with Crippen molar-refractivity contribution in [2.45, 2.75) is 18.9 Å². The molecule has 0 aliphatic heterocycles. The van der Waals surface area contributed by atoms with Crippen molar-refractivity contribution < 1.29 is 14.7 Å². The Morgan fingerprint density at radius 3 is 2.69 bits per heavy atom. The fourth-order valence-electron chi connectivity index (χ4n) is 1.49. The first-order valence-electron chi connectivity index (χ1n) is 4.84. The summed E-state index contributed by atoms with van der Waals surface area (Å²) in [7, 11) is 0. The molecule has 0 radical (unpaired) electrons. The molecule has 86 valence electrons. The lowest BCUT2D eigenvalue weighted by Crippen LogP contribution is -2.37. The Hall–Kier alpha value is -0.630. The van der Waals surface area contributed by atoms with E-state index in [2.05, 4.69) is 22.6 Å². The highest BCUT2D eigenvalue weighted by molar-refractivity contribution is 14.1. The molecule has 0 bridgehead atoms. The molecule has 2 rings (SSSR count). The van der Waals surface area contributed by atoms with Crippen LogP contribution in [0, 0.1) is 2.88 Å². The number of hydrogen-bond acceptors (Lipinski definition) is 3. The molecule has 1 heterocycles. The molecule has 0 aromatic carbocycles. The fourth-order valence-corrected chi connectivity index (χ4v) is 2.81. The minimum atomic E-state index is -0.954. The van der Waals surface area contributed by atoms with Gasteiger partial charge in [0.2, 0.25) is 0 Å². The number of hydrogen-bond donors (Lipinski definition) is 1. The molecule has 1 fully saturated rings. The Kier molecular flexibility index (Phi) is 3.48. The molecule has 1 amide bonds. The van der Waals surface area contributed by atoms with Crippen LogP contribution in [0.1, 0.15) is 23.2 Å². The van der Waals surface area contributed by atoms with E-state index in [-0.39, 0.29) is 18.5 Å². The molecular weight excluding hydrogens is 341 g/mol. The molecule has 1 aromatic rings. The van der Waals surface area contributed by atoms with Gasteiger partial charge < -0.3 is 10.0 Å². The third kappa shape index (κ3) is 2.73. The first-order chi connectivity index (χ1) is 7.58. The van der Waals surface area contributed by atoms with Crippen LogP contribution in [0.5, 0.6) is 0 Å². The molecule has 1 aromatic heterocycles. The first kappa shape index (κ1) is 11.8. The van der Waals surface area contributed by atoms with Crippen molar-refractivity contribution in [2.24, 2.45) is 0 Å². The smallest absolute Gasteiger partial charge is 0.323 e. The van der Waals surface area contributed by atoms with E-state index in [9.17, 15) is 9.59 Å². The number of rotatable bonds is 4. The molecule has 1 saturated carbocycles. The van der Waals surface area contributed by atoms with E-state index in [4.69, 9.17) is 5.11 Å². The van der Waals surface area contributed by atoms with Crippen LogP contribution in [-0.4, -0.2) is 34.5 Å². The monoisotopic (exact) mass is 351 g/mol. The fraction of sp³-hybridized carbons (Fsp3) is 0.400. The summed E-state index contributed by atoms with van der Waals surface area (Å²) in [5, 5.41) is 10.5. The van der Waals surface area contributed by atoms with Gasteiger partial charge in [-0.1, -0.05) is 0 Å². The van der Waals surface area contributed by atoms with Gasteiger partial charge in [-0.3, -0.25) is 9.59 Å². The highest BCUT2D eigenvalue weighted by Gasteiger charge is 2.34. The molecule has 6 heteroatoms. The maximum atomic E-state index is 12.0. The normalized spacial score (nSPS) is 14.8. The van der Waals surface area contributed by atoms with Gasteiger partial charge in [-0.2, -0.15) is 0 Å². The third-order valence-electron chi connectivity index (χ3n) is 2.37. The summed E-state index contributed by atoms with van der Waals surface area (Å²) in [4.78, 5) is 24.2. The number of aliphatic carboxylic acids is 1. The standard InChI is InChI=1S/C10H10INO3S/c11-8-3-6(5-16-8)10(15)12(4-9(13)14)7-1-2-7/h3,5,7H,1-2,4H2,(H,13,14). The van der Waals surface area contributed by atoms with Crippen molar-refractivity contribution in [1.29, 1.82) is 0 Å². The minimum absolute atomic E-state index is 0.126. The van der Waals surface area contributed by atoms with E-state index in [0.29, 0.717) is 5.56 Å². The van der Waals surface area contributed by atoms with Gasteiger partial charge in [-0.15, -0.1) is 11.3 Å². The average molecular weight is 351 g/mol. The molecule has 0 unspecified atom stereocenters. The predicted molar refractivity (Wildman–Crippen MR) is 68.7 cm³/mol. The second-order valence-corrected chi connectivity index (χ2v) is 6.50. The Labute approximate surface area is 110 Å². The van der Waals surface area contributed by atoms with Crippen LogP contribution >= 0.6 is 33.9 Å². The molecule has 4 nitrogen and oxygen atoms in total. The van der Waals surface area contributed by atoms with Gasteiger partial charge in [-0.05, 0) is 41.5 Å². The Morgan fingerprint density at radius 1 is 1.56 bits per heavy atom. The second-order valence-electron chi connectivity index (χ2n) is 3.70. The summed E-state index contributed by atoms with van der Waals surface area (Å²) in [5.74, 6) is -1.12. The van der Waals surface area contributed by atoms with Gasteiger partial charge in [-0.25, -0.2) is 0 Å². The molecule has 1 N–H and O–H groups in total. The van der Waals surface area contributed by atoms with E-state index in [1.165, 1.54) is 16.2 Å². The highest BCUT2D eigenvalue weighted by Crippen LogP contribution is 2.29. The molecule has 0 saturated heterocycles. The van der Waals surface area contributed by atoms with E-state index in [0.717, 1.165) is 15.7 Å². The van der Waals surface area contributed by atoms with Crippen molar-refractivity contribution in [3.63, 3.8) is 0 Å². The van der Waals surface area contributed by atoms with Gasteiger partial charge in [0.15, 0.2) is 0 Å². The van der Waals surface area contributed by atoms with E-state index in [1.54, 1.807) is 11.4 Å². The van der Waals surface area contributed by atoms with Gasteiger partial charge in [0.25, 0.3) is 5.91 Å². The molecular formula is C10H10INO3S. The van der Waals surface area contributed by atoms with Crippen LogP contribution in [0.3, 0.4) is 0 Å². The summed E-state index contributed by atoms with van der Waals surface area (Å²) < 4.78 is 1.03. The van der Waals surface area contributed by atoms with Crippen LogP contribution in [0.4, 0.5) is 0 Å². The summed E-state index contributed by atoms with van der Waals surface area (Å²) in [6, 6.07) is 1.92. The zero-order chi connectivity index (χ0) is 11.7. The van der Waals surface area contributed by atoms with Crippen molar-refractivity contribution in [2.75, 3.05) is 6.54 Å². The van der Waals surface area contributed by atoms with Crippen LogP contribution in [0.25, 0.3) is 0 Å². The first-order valence-corrected chi connectivity index (χ1v) is 6.80. The summed E-state index contributed by atoms with van der Waals surface area (Å²) in [6.07, 6.45) is 1.83. The lowest BCUT2D eigenvalue weighted by Gasteiger charge is -2.19. The molecule has 16 heavy (non-hydrogen) atoms. The van der Waals surface area contributed by atoms with Crippen molar-refractivity contribution in [1.82, 2.24) is 4.90 Å². The second kappa shape index (κ2) is 4.70. The molecule has 0 atom stereocenters. The quantitative estimate of drug-likeness (QED) is 0.845. The van der Waals surface area contributed by atoms with Crippen LogP contribution in [-0.2, 0) is 4.79 Å². The number of carboxylic acid groups (broad SMARTS) is 1. The molecule has 1 aliphatic carbocycles. The van der Waals surface area contributed by atoms with Crippen LogP contribution in [0.2, 0.25) is 0 Å². The number of thiophene rings is 1. The van der Waals surface area contributed by atoms with Gasteiger partial charge in [0, 0.05) is 11.4 Å². The molecule has 0 spiro atoms. The zero-order valence-corrected chi connectivity index (χ0v) is 11.3. The number of nitrogens with zero attached hydrogens (tertiary/aromatic N) is 1. The van der Waals surface area contributed by atoms with E-state index >= 15 is 0 Å². The van der Waals surface area contributed by atoms with Gasteiger partial charge >= 0.3 is 5.97 Å². The van der Waals surface area contributed by atoms with Crippen LogP contribution < -0.4 is 0 Å². The van der Waals surface area contributed by atoms with Crippen LogP contribution in [0.15, 0.2) is 11.4 Å². The Balaban J connectivity index is 2.13. The number of amides is 1. The van der Waals surface area contributed by atoms with E-state index < -0.39 is 5.97 Å². The Morgan fingerprint density at radius 2 is 2.25 bits per heavy atom. The number of halogens is 1. The maximum absolute atomic E-state index is 12.0. The average Bonchev–Trinajstić information content (AvgIpc) is 2.96. The minimum Gasteiger partial charge on any atom is -0.480 e. The number of carbonyl (C=O) groups excluding carboxylic acids is 1. The Bertz CT molecular complexity index is 427. The summed E-state index contributed by atoms with van der Waals surface area (Å²) >= 11 is 3.64. The maximum Gasteiger partial charge on any atom is 0.323 e. The van der Waals surface area contributed by atoms with Gasteiger partial charge in [0.1, 0.15) is 6.54 Å². The van der Waals surface area contributed by atoms with Crippen molar-refractivity contribution in [3.8, 4) is 0 Å². The third-order valence-corrected chi connectivity index (χ3v) is 4.16. The van der Waals surface area contributed by atoms with Gasteiger partial charge in [0.05, 0.1) is 8.45 Å². The van der Waals surface area contributed by atoms with Crippen molar-refractivity contribution in [3.05, 3.63) is 19.9 Å². The zero-order valence-electron chi connectivity index (χ0n) is 8.35. The highest BCUT2D eigenvalue weighted by atomic mass is 127. The topological polar surface area (TPSA) is 57.6 Å². The molecule has 1 aliphatic rings. The number of carboxylic acids is 1. The lowest BCUT2D eigenvalue weighted by molar-refractivity contribution is -0.137. The SMILES string of the molecule is O=C(O)CN(C(=O)c1csc(I)c1)C1CC1. The number of carbonyl (C=O) groups is 2. The predicted octanol–water partition coefficient (Wildman–Crippen LogP) is 2.04. The largest absolute Gasteiger partial charge is 0.480 e. The summed E-state index contributed by atoms with van der Waals surface area (Å²) in [6.45, 7) is -0.198. The van der Waals surface area contributed by atoms with Crippen molar-refractivity contribution >= 4 is 45.8 Å². The lowest BCUT2D eigenvalue weighted by atomic mass is 10.3. The van der Waals surface area contributed by atoms with E-state index in [1.807, 2.05) is 0 Å². The summed E-state index contributed by atoms with van der Waals surface area (Å²) in [5.41, 5.74) is 0.600.